The molecule has 1 amide bonds. The lowest BCUT2D eigenvalue weighted by Gasteiger charge is -2.08. The molecule has 0 saturated carbocycles. The van der Waals surface area contributed by atoms with E-state index in [2.05, 4.69) is 10.6 Å². The Morgan fingerprint density at radius 3 is 2.69 bits per heavy atom. The first kappa shape index (κ1) is 12.1. The lowest BCUT2D eigenvalue weighted by molar-refractivity contribution is -0.115. The molecule has 0 spiro atoms. The minimum Gasteiger partial charge on any atom is -0.478 e. The van der Waals surface area contributed by atoms with E-state index in [9.17, 15) is 14.0 Å². The van der Waals surface area contributed by atoms with Crippen molar-refractivity contribution in [1.29, 1.82) is 0 Å². The van der Waals surface area contributed by atoms with Crippen LogP contribution >= 0.6 is 0 Å². The SMILES string of the molecule is CNCC(=O)Nc1c(F)cccc1C(=O)O. The van der Waals surface area contributed by atoms with Gasteiger partial charge in [-0.3, -0.25) is 4.79 Å². The molecule has 0 aliphatic rings. The Labute approximate surface area is 91.3 Å². The highest BCUT2D eigenvalue weighted by Crippen LogP contribution is 2.19. The van der Waals surface area contributed by atoms with Crippen molar-refractivity contribution in [3.05, 3.63) is 29.6 Å². The van der Waals surface area contributed by atoms with E-state index in [1.165, 1.54) is 12.1 Å². The summed E-state index contributed by atoms with van der Waals surface area (Å²) in [6.07, 6.45) is 0. The summed E-state index contributed by atoms with van der Waals surface area (Å²) in [4.78, 5) is 22.0. The van der Waals surface area contributed by atoms with Crippen molar-refractivity contribution in [3.63, 3.8) is 0 Å². The first-order valence-corrected chi connectivity index (χ1v) is 4.52. The molecule has 16 heavy (non-hydrogen) atoms. The van der Waals surface area contributed by atoms with Crippen LogP contribution in [0.15, 0.2) is 18.2 Å². The molecule has 1 aromatic rings. The van der Waals surface area contributed by atoms with Gasteiger partial charge in [0.1, 0.15) is 5.82 Å². The van der Waals surface area contributed by atoms with Crippen LogP contribution in [0, 0.1) is 5.82 Å². The van der Waals surface area contributed by atoms with E-state index in [1.54, 1.807) is 7.05 Å². The maximum Gasteiger partial charge on any atom is 0.337 e. The average molecular weight is 226 g/mol. The Morgan fingerprint density at radius 1 is 1.44 bits per heavy atom. The summed E-state index contributed by atoms with van der Waals surface area (Å²) in [6.45, 7) is -0.0204. The number of hydrogen-bond acceptors (Lipinski definition) is 3. The van der Waals surface area contributed by atoms with Crippen LogP contribution in [0.1, 0.15) is 10.4 Å². The van der Waals surface area contributed by atoms with Gasteiger partial charge in [0, 0.05) is 0 Å². The number of aromatic carboxylic acids is 1. The van der Waals surface area contributed by atoms with Gasteiger partial charge in [-0.05, 0) is 19.2 Å². The molecule has 0 aliphatic carbocycles. The summed E-state index contributed by atoms with van der Waals surface area (Å²) in [7, 11) is 1.55. The molecule has 5 nitrogen and oxygen atoms in total. The monoisotopic (exact) mass is 226 g/mol. The predicted molar refractivity (Wildman–Crippen MR) is 55.9 cm³/mol. The molecule has 1 aromatic carbocycles. The number of halogens is 1. The molecule has 86 valence electrons. The molecular formula is C10H11FN2O3. The highest BCUT2D eigenvalue weighted by molar-refractivity contribution is 6.01. The molecule has 0 fully saturated rings. The molecule has 3 N–H and O–H groups in total. The smallest absolute Gasteiger partial charge is 0.337 e. The van der Waals surface area contributed by atoms with E-state index in [1.807, 2.05) is 0 Å². The summed E-state index contributed by atoms with van der Waals surface area (Å²) < 4.78 is 13.3. The summed E-state index contributed by atoms with van der Waals surface area (Å²) >= 11 is 0. The second-order valence-electron chi connectivity index (χ2n) is 3.05. The van der Waals surface area contributed by atoms with Crippen LogP contribution in [0.2, 0.25) is 0 Å². The molecule has 0 unspecified atom stereocenters. The topological polar surface area (TPSA) is 78.4 Å². The number of nitrogens with one attached hydrogen (secondary N) is 2. The van der Waals surface area contributed by atoms with Gasteiger partial charge >= 0.3 is 5.97 Å². The quantitative estimate of drug-likeness (QED) is 0.705. The maximum absolute atomic E-state index is 13.3. The maximum atomic E-state index is 13.3. The van der Waals surface area contributed by atoms with E-state index < -0.39 is 17.7 Å². The first-order chi connectivity index (χ1) is 7.56. The van der Waals surface area contributed by atoms with Crippen molar-refractivity contribution in [3.8, 4) is 0 Å². The Balaban J connectivity index is 3.01. The fourth-order valence-electron chi connectivity index (χ4n) is 1.17. The zero-order valence-corrected chi connectivity index (χ0v) is 8.58. The summed E-state index contributed by atoms with van der Waals surface area (Å²) in [5.41, 5.74) is -0.584. The zero-order chi connectivity index (χ0) is 12.1. The van der Waals surface area contributed by atoms with Crippen molar-refractivity contribution >= 4 is 17.6 Å². The number of carbonyl (C=O) groups is 2. The van der Waals surface area contributed by atoms with Crippen LogP contribution in [0.25, 0.3) is 0 Å². The molecule has 0 aliphatic heterocycles. The summed E-state index contributed by atoms with van der Waals surface area (Å²) in [5.74, 6) is -2.57. The average Bonchev–Trinajstić information content (AvgIpc) is 2.21. The Hall–Kier alpha value is -1.95. The minimum atomic E-state index is -1.29. The van der Waals surface area contributed by atoms with E-state index in [0.29, 0.717) is 0 Å². The Bertz CT molecular complexity index is 421. The molecule has 0 atom stereocenters. The first-order valence-electron chi connectivity index (χ1n) is 4.52. The predicted octanol–water partition coefficient (Wildman–Crippen LogP) is 0.682. The van der Waals surface area contributed by atoms with Crippen LogP contribution in [0.5, 0.6) is 0 Å². The third-order valence-corrected chi connectivity index (χ3v) is 1.85. The molecule has 0 radical (unpaired) electrons. The second-order valence-corrected chi connectivity index (χ2v) is 3.05. The van der Waals surface area contributed by atoms with Gasteiger partial charge in [0.25, 0.3) is 0 Å². The standard InChI is InChI=1S/C10H11FN2O3/c1-12-5-8(14)13-9-6(10(15)16)3-2-4-7(9)11/h2-4,12H,5H2,1H3,(H,13,14)(H,15,16). The number of hydrogen-bond donors (Lipinski definition) is 3. The molecule has 0 bridgehead atoms. The highest BCUT2D eigenvalue weighted by atomic mass is 19.1. The van der Waals surface area contributed by atoms with Crippen LogP contribution in [0.4, 0.5) is 10.1 Å². The largest absolute Gasteiger partial charge is 0.478 e. The van der Waals surface area contributed by atoms with Gasteiger partial charge in [-0.15, -0.1) is 0 Å². The third-order valence-electron chi connectivity index (χ3n) is 1.85. The van der Waals surface area contributed by atoms with Gasteiger partial charge in [-0.1, -0.05) is 6.07 Å². The number of amides is 1. The van der Waals surface area contributed by atoms with E-state index in [0.717, 1.165) is 6.07 Å². The number of carboxylic acids is 1. The van der Waals surface area contributed by atoms with Crippen molar-refractivity contribution in [2.45, 2.75) is 0 Å². The van der Waals surface area contributed by atoms with Crippen molar-refractivity contribution < 1.29 is 19.1 Å². The fourth-order valence-corrected chi connectivity index (χ4v) is 1.17. The number of likely N-dealkylation sites (N-methyl/N-ethyl adjacent to an activating group) is 1. The van der Waals surface area contributed by atoms with E-state index in [4.69, 9.17) is 5.11 Å². The minimum absolute atomic E-state index is 0.0204. The molecule has 0 saturated heterocycles. The van der Waals surface area contributed by atoms with Crippen LogP contribution in [-0.2, 0) is 4.79 Å². The molecule has 0 aromatic heterocycles. The van der Waals surface area contributed by atoms with Gasteiger partial charge in [-0.25, -0.2) is 9.18 Å². The Morgan fingerprint density at radius 2 is 2.12 bits per heavy atom. The number of carbonyl (C=O) groups excluding carboxylic acids is 1. The van der Waals surface area contributed by atoms with Gasteiger partial charge in [0.15, 0.2) is 0 Å². The zero-order valence-electron chi connectivity index (χ0n) is 8.58. The molecule has 6 heteroatoms. The van der Waals surface area contributed by atoms with Gasteiger partial charge in [0.05, 0.1) is 17.8 Å². The third kappa shape index (κ3) is 2.77. The summed E-state index contributed by atoms with van der Waals surface area (Å²) in [5, 5.41) is 13.6. The fraction of sp³-hybridized carbons (Fsp3) is 0.200. The lowest BCUT2D eigenvalue weighted by Crippen LogP contribution is -2.26. The Kier molecular flexibility index (Phi) is 3.96. The normalized spacial score (nSPS) is 9.88. The summed E-state index contributed by atoms with van der Waals surface area (Å²) in [6, 6.07) is 3.58. The van der Waals surface area contributed by atoms with Crippen LogP contribution in [0.3, 0.4) is 0 Å². The van der Waals surface area contributed by atoms with Crippen molar-refractivity contribution in [2.75, 3.05) is 18.9 Å². The molecule has 1 rings (SSSR count). The van der Waals surface area contributed by atoms with Crippen molar-refractivity contribution in [1.82, 2.24) is 5.32 Å². The van der Waals surface area contributed by atoms with Gasteiger partial charge < -0.3 is 15.7 Å². The van der Waals surface area contributed by atoms with Crippen LogP contribution < -0.4 is 10.6 Å². The van der Waals surface area contributed by atoms with Crippen LogP contribution in [-0.4, -0.2) is 30.6 Å². The lowest BCUT2D eigenvalue weighted by atomic mass is 10.1. The van der Waals surface area contributed by atoms with Gasteiger partial charge in [0.2, 0.25) is 5.91 Å². The molecule has 0 heterocycles. The highest BCUT2D eigenvalue weighted by Gasteiger charge is 2.15. The second kappa shape index (κ2) is 5.22. The molecular weight excluding hydrogens is 215 g/mol. The number of anilines is 1. The number of rotatable bonds is 4. The number of carboxylic acid groups (broad SMARTS) is 1. The number of para-hydroxylation sites is 1. The number of benzene rings is 1. The van der Waals surface area contributed by atoms with E-state index in [-0.39, 0.29) is 17.8 Å². The van der Waals surface area contributed by atoms with Crippen molar-refractivity contribution in [2.24, 2.45) is 0 Å². The van der Waals surface area contributed by atoms with Gasteiger partial charge in [-0.2, -0.15) is 0 Å². The van der Waals surface area contributed by atoms with E-state index >= 15 is 0 Å².